The number of halogens is 1. The zero-order chi connectivity index (χ0) is 21.7. The summed E-state index contributed by atoms with van der Waals surface area (Å²) in [6, 6.07) is 20.3. The predicted octanol–water partition coefficient (Wildman–Crippen LogP) is 4.49. The number of amides is 2. The van der Waals surface area contributed by atoms with Crippen molar-refractivity contribution in [1.29, 1.82) is 0 Å². The Bertz CT molecular complexity index is 1180. The minimum Gasteiger partial charge on any atom is -0.273 e. The Morgan fingerprint density at radius 3 is 2.29 bits per heavy atom. The molecule has 3 aromatic carbocycles. The second-order valence-electron chi connectivity index (χ2n) is 7.98. The summed E-state index contributed by atoms with van der Waals surface area (Å²) in [5, 5.41) is 1.50. The number of rotatable bonds is 3. The number of benzene rings is 3. The minimum atomic E-state index is -1.02. The number of hydrogen-bond acceptors (Lipinski definition) is 4. The van der Waals surface area contributed by atoms with Gasteiger partial charge in [-0.2, -0.15) is 0 Å². The molecule has 0 radical (unpaired) electrons. The van der Waals surface area contributed by atoms with E-state index in [0.717, 1.165) is 11.1 Å². The van der Waals surface area contributed by atoms with Crippen LogP contribution >= 0.6 is 0 Å². The summed E-state index contributed by atoms with van der Waals surface area (Å²) in [5.41, 5.74) is 3.38. The molecule has 2 heterocycles. The van der Waals surface area contributed by atoms with E-state index in [1.54, 1.807) is 24.3 Å². The molecule has 2 amide bonds. The standard InChI is InChI=1S/C25H21FN2O3/c1-15-12-13-20(16(2)14-15)27-24(29)21-22(18-10-6-7-11-19(18)26)28(31-23(21)25(27)30)17-8-4-3-5-9-17/h3-14,21-23H,1-2H3/t21-,22-,23+/m0/s1. The molecule has 156 valence electrons. The molecule has 2 saturated heterocycles. The molecule has 2 fully saturated rings. The fourth-order valence-electron chi connectivity index (χ4n) is 4.54. The lowest BCUT2D eigenvalue weighted by Gasteiger charge is -2.29. The van der Waals surface area contributed by atoms with Crippen LogP contribution in [-0.2, 0) is 14.4 Å². The Morgan fingerprint density at radius 1 is 0.871 bits per heavy atom. The van der Waals surface area contributed by atoms with Crippen molar-refractivity contribution in [3.05, 3.63) is 95.3 Å². The van der Waals surface area contributed by atoms with E-state index >= 15 is 0 Å². The molecule has 31 heavy (non-hydrogen) atoms. The molecule has 5 rings (SSSR count). The maximum absolute atomic E-state index is 14.8. The summed E-state index contributed by atoms with van der Waals surface area (Å²) in [7, 11) is 0. The fourth-order valence-corrected chi connectivity index (χ4v) is 4.54. The first-order valence-corrected chi connectivity index (χ1v) is 10.2. The number of imide groups is 1. The smallest absolute Gasteiger partial charge is 0.266 e. The number of carbonyl (C=O) groups excluding carboxylic acids is 2. The van der Waals surface area contributed by atoms with Crippen LogP contribution in [0.2, 0.25) is 0 Å². The normalized spacial score (nSPS) is 22.9. The molecular formula is C25H21FN2O3. The van der Waals surface area contributed by atoms with Gasteiger partial charge in [-0.15, -0.1) is 0 Å². The molecule has 3 aromatic rings. The lowest BCUT2D eigenvalue weighted by Crippen LogP contribution is -2.38. The van der Waals surface area contributed by atoms with Gasteiger partial charge in [0, 0.05) is 5.56 Å². The monoisotopic (exact) mass is 416 g/mol. The van der Waals surface area contributed by atoms with Gasteiger partial charge in [0.2, 0.25) is 5.91 Å². The minimum absolute atomic E-state index is 0.322. The van der Waals surface area contributed by atoms with Crippen LogP contribution in [0.25, 0.3) is 0 Å². The summed E-state index contributed by atoms with van der Waals surface area (Å²) >= 11 is 0. The lowest BCUT2D eigenvalue weighted by molar-refractivity contribution is -0.126. The summed E-state index contributed by atoms with van der Waals surface area (Å²) in [4.78, 5) is 34.2. The molecular weight excluding hydrogens is 395 g/mol. The van der Waals surface area contributed by atoms with Gasteiger partial charge in [0.1, 0.15) is 11.7 Å². The van der Waals surface area contributed by atoms with Gasteiger partial charge >= 0.3 is 0 Å². The number of nitrogens with zero attached hydrogens (tertiary/aromatic N) is 2. The highest BCUT2D eigenvalue weighted by atomic mass is 19.1. The van der Waals surface area contributed by atoms with Crippen molar-refractivity contribution in [3.63, 3.8) is 0 Å². The first-order chi connectivity index (χ1) is 15.0. The first kappa shape index (κ1) is 19.5. The van der Waals surface area contributed by atoms with Crippen molar-refractivity contribution in [2.75, 3.05) is 9.96 Å². The highest BCUT2D eigenvalue weighted by Crippen LogP contribution is 2.48. The van der Waals surface area contributed by atoms with E-state index in [4.69, 9.17) is 4.84 Å². The van der Waals surface area contributed by atoms with Crippen LogP contribution in [0.4, 0.5) is 15.8 Å². The maximum Gasteiger partial charge on any atom is 0.266 e. The Labute approximate surface area is 179 Å². The number of para-hydroxylation sites is 1. The zero-order valence-corrected chi connectivity index (χ0v) is 17.2. The van der Waals surface area contributed by atoms with E-state index in [2.05, 4.69) is 0 Å². The topological polar surface area (TPSA) is 49.9 Å². The third-order valence-electron chi connectivity index (χ3n) is 5.94. The quantitative estimate of drug-likeness (QED) is 0.590. The van der Waals surface area contributed by atoms with Crippen LogP contribution in [0.15, 0.2) is 72.8 Å². The number of fused-ring (bicyclic) bond motifs is 1. The maximum atomic E-state index is 14.8. The SMILES string of the molecule is Cc1ccc(N2C(=O)[C@@H]3[C@@H](ON(c4ccccc4)[C@H]3c3ccccc3F)C2=O)c(C)c1. The number of hydroxylamine groups is 1. The van der Waals surface area contributed by atoms with E-state index in [0.29, 0.717) is 16.9 Å². The van der Waals surface area contributed by atoms with Gasteiger partial charge in [0.05, 0.1) is 17.4 Å². The van der Waals surface area contributed by atoms with Crippen molar-refractivity contribution >= 4 is 23.2 Å². The van der Waals surface area contributed by atoms with E-state index < -0.39 is 29.8 Å². The molecule has 0 unspecified atom stereocenters. The number of carbonyl (C=O) groups is 2. The molecule has 2 aliphatic heterocycles. The van der Waals surface area contributed by atoms with Crippen LogP contribution in [0.3, 0.4) is 0 Å². The Kier molecular flexibility index (Phi) is 4.59. The molecule has 0 aliphatic carbocycles. The molecule has 0 N–H and O–H groups in total. The average molecular weight is 416 g/mol. The van der Waals surface area contributed by atoms with Gasteiger partial charge < -0.3 is 0 Å². The Morgan fingerprint density at radius 2 is 1.58 bits per heavy atom. The highest BCUT2D eigenvalue weighted by Gasteiger charge is 2.60. The van der Waals surface area contributed by atoms with Crippen LogP contribution < -0.4 is 9.96 Å². The predicted molar refractivity (Wildman–Crippen MR) is 115 cm³/mol. The summed E-state index contributed by atoms with van der Waals surface area (Å²) in [6.45, 7) is 3.82. The van der Waals surface area contributed by atoms with Crippen molar-refractivity contribution in [3.8, 4) is 0 Å². The average Bonchev–Trinajstić information content (AvgIpc) is 3.26. The summed E-state index contributed by atoms with van der Waals surface area (Å²) < 4.78 is 14.8. The Balaban J connectivity index is 1.61. The molecule has 6 heteroatoms. The van der Waals surface area contributed by atoms with E-state index in [1.165, 1.54) is 16.0 Å². The van der Waals surface area contributed by atoms with Gasteiger partial charge in [-0.05, 0) is 43.7 Å². The van der Waals surface area contributed by atoms with Crippen molar-refractivity contribution in [1.82, 2.24) is 0 Å². The third kappa shape index (κ3) is 3.02. The summed E-state index contributed by atoms with van der Waals surface area (Å²) in [6.07, 6.45) is -1.02. The second kappa shape index (κ2) is 7.32. The van der Waals surface area contributed by atoms with Crippen LogP contribution in [-0.4, -0.2) is 17.9 Å². The van der Waals surface area contributed by atoms with E-state index in [-0.39, 0.29) is 5.91 Å². The molecule has 0 aromatic heterocycles. The van der Waals surface area contributed by atoms with E-state index in [1.807, 2.05) is 56.3 Å². The lowest BCUT2D eigenvalue weighted by atomic mass is 9.90. The van der Waals surface area contributed by atoms with Gasteiger partial charge in [0.15, 0.2) is 6.10 Å². The largest absolute Gasteiger partial charge is 0.273 e. The van der Waals surface area contributed by atoms with Gasteiger partial charge in [0.25, 0.3) is 5.91 Å². The highest BCUT2D eigenvalue weighted by molar-refractivity contribution is 6.24. The number of anilines is 2. The van der Waals surface area contributed by atoms with Gasteiger partial charge in [-0.1, -0.05) is 54.1 Å². The van der Waals surface area contributed by atoms with Crippen LogP contribution in [0.1, 0.15) is 22.7 Å². The van der Waals surface area contributed by atoms with Crippen molar-refractivity contribution in [2.45, 2.75) is 26.0 Å². The van der Waals surface area contributed by atoms with E-state index in [9.17, 15) is 14.0 Å². The molecule has 2 aliphatic rings. The zero-order valence-electron chi connectivity index (χ0n) is 17.2. The molecule has 0 bridgehead atoms. The molecule has 3 atom stereocenters. The van der Waals surface area contributed by atoms with Crippen molar-refractivity contribution in [2.24, 2.45) is 5.92 Å². The fraction of sp³-hybridized carbons (Fsp3) is 0.200. The first-order valence-electron chi connectivity index (χ1n) is 10.2. The summed E-state index contributed by atoms with van der Waals surface area (Å²) in [5.74, 6) is -2.11. The van der Waals surface area contributed by atoms with Crippen LogP contribution in [0, 0.1) is 25.6 Å². The second-order valence-corrected chi connectivity index (χ2v) is 7.98. The number of aryl methyl sites for hydroxylation is 2. The van der Waals surface area contributed by atoms with Gasteiger partial charge in [-0.25, -0.2) is 14.4 Å². The molecule has 5 nitrogen and oxygen atoms in total. The van der Waals surface area contributed by atoms with Gasteiger partial charge in [-0.3, -0.25) is 14.4 Å². The molecule has 0 saturated carbocycles. The van der Waals surface area contributed by atoms with Crippen molar-refractivity contribution < 1.29 is 18.8 Å². The number of hydrogen-bond donors (Lipinski definition) is 0. The molecule has 0 spiro atoms. The third-order valence-corrected chi connectivity index (χ3v) is 5.94. The van der Waals surface area contributed by atoms with Crippen LogP contribution in [0.5, 0.6) is 0 Å². The Hall–Kier alpha value is -3.51.